The quantitative estimate of drug-likeness (QED) is 0.839. The Labute approximate surface area is 150 Å². The van der Waals surface area contributed by atoms with E-state index in [2.05, 4.69) is 5.16 Å². The van der Waals surface area contributed by atoms with Gasteiger partial charge in [-0.3, -0.25) is 14.0 Å². The molecule has 2 fully saturated rings. The summed E-state index contributed by atoms with van der Waals surface area (Å²) in [7, 11) is 0. The highest BCUT2D eigenvalue weighted by molar-refractivity contribution is 5.86. The van der Waals surface area contributed by atoms with Crippen molar-refractivity contribution in [1.82, 2.24) is 15.0 Å². The first kappa shape index (κ1) is 17.0. The minimum absolute atomic E-state index is 0.0249. The predicted molar refractivity (Wildman–Crippen MR) is 93.1 cm³/mol. The van der Waals surface area contributed by atoms with Crippen molar-refractivity contribution in [3.05, 3.63) is 30.0 Å². The molecule has 2 amide bonds. The van der Waals surface area contributed by atoms with Crippen LogP contribution >= 0.6 is 0 Å². The number of rotatable bonds is 4. The third kappa shape index (κ3) is 3.18. The standard InChI is InChI=1S/C19H22FN3O3/c20-11-13-9-19(25)23(12-13)14-5-7-22(8-6-14)18(24)10-16-15-3-1-2-4-17(15)26-21-16/h1-4,13-14H,5-12H2. The average Bonchev–Trinajstić information content (AvgIpc) is 3.25. The molecule has 0 N–H and O–H groups in total. The number of fused-ring (bicyclic) bond motifs is 1. The minimum atomic E-state index is -0.439. The highest BCUT2D eigenvalue weighted by Crippen LogP contribution is 2.26. The van der Waals surface area contributed by atoms with Crippen LogP contribution in [0.3, 0.4) is 0 Å². The number of benzene rings is 1. The summed E-state index contributed by atoms with van der Waals surface area (Å²) in [6, 6.07) is 7.63. The number of para-hydroxylation sites is 1. The number of piperidine rings is 1. The lowest BCUT2D eigenvalue weighted by molar-refractivity contribution is -0.134. The fraction of sp³-hybridized carbons (Fsp3) is 0.526. The summed E-state index contributed by atoms with van der Waals surface area (Å²) >= 11 is 0. The van der Waals surface area contributed by atoms with E-state index >= 15 is 0 Å². The topological polar surface area (TPSA) is 66.7 Å². The van der Waals surface area contributed by atoms with E-state index < -0.39 is 6.67 Å². The lowest BCUT2D eigenvalue weighted by Gasteiger charge is -2.36. The number of aromatic nitrogens is 1. The van der Waals surface area contributed by atoms with E-state index in [0.717, 1.165) is 18.2 Å². The van der Waals surface area contributed by atoms with Gasteiger partial charge in [0.05, 0.1) is 13.1 Å². The van der Waals surface area contributed by atoms with E-state index in [0.29, 0.717) is 37.3 Å². The van der Waals surface area contributed by atoms with Gasteiger partial charge in [-0.15, -0.1) is 0 Å². The number of likely N-dealkylation sites (tertiary alicyclic amines) is 2. The first-order valence-corrected chi connectivity index (χ1v) is 9.12. The highest BCUT2D eigenvalue weighted by Gasteiger charge is 2.36. The maximum absolute atomic E-state index is 12.8. The first-order chi connectivity index (χ1) is 12.7. The van der Waals surface area contributed by atoms with E-state index in [-0.39, 0.29) is 30.2 Å². The Kier molecular flexibility index (Phi) is 4.61. The van der Waals surface area contributed by atoms with Crippen LogP contribution in [-0.4, -0.2) is 59.1 Å². The van der Waals surface area contributed by atoms with Gasteiger partial charge in [0.15, 0.2) is 5.58 Å². The summed E-state index contributed by atoms with van der Waals surface area (Å²) in [5.74, 6) is -0.0917. The SMILES string of the molecule is O=C(Cc1noc2ccccc12)N1CCC(N2CC(CF)CC2=O)CC1. The molecule has 0 spiro atoms. The zero-order chi connectivity index (χ0) is 18.1. The van der Waals surface area contributed by atoms with Gasteiger partial charge in [0.25, 0.3) is 0 Å². The van der Waals surface area contributed by atoms with Crippen LogP contribution < -0.4 is 0 Å². The van der Waals surface area contributed by atoms with Gasteiger partial charge < -0.3 is 14.3 Å². The lowest BCUT2D eigenvalue weighted by Crippen LogP contribution is -2.47. The van der Waals surface area contributed by atoms with Crippen molar-refractivity contribution in [2.75, 3.05) is 26.3 Å². The molecule has 26 heavy (non-hydrogen) atoms. The number of alkyl halides is 1. The van der Waals surface area contributed by atoms with Crippen LogP contribution in [0.2, 0.25) is 0 Å². The largest absolute Gasteiger partial charge is 0.356 e. The molecule has 1 aromatic heterocycles. The zero-order valence-corrected chi connectivity index (χ0v) is 14.6. The highest BCUT2D eigenvalue weighted by atomic mass is 19.1. The Morgan fingerprint density at radius 3 is 2.77 bits per heavy atom. The van der Waals surface area contributed by atoms with E-state index in [1.54, 1.807) is 0 Å². The first-order valence-electron chi connectivity index (χ1n) is 9.12. The smallest absolute Gasteiger partial charge is 0.228 e. The number of nitrogens with zero attached hydrogens (tertiary/aromatic N) is 3. The minimum Gasteiger partial charge on any atom is -0.356 e. The molecule has 4 rings (SSSR count). The fourth-order valence-electron chi connectivity index (χ4n) is 4.01. The Balaban J connectivity index is 1.34. The molecule has 0 saturated carbocycles. The summed E-state index contributed by atoms with van der Waals surface area (Å²) in [4.78, 5) is 28.3. The van der Waals surface area contributed by atoms with Crippen LogP contribution in [-0.2, 0) is 16.0 Å². The Bertz CT molecular complexity index is 813. The Morgan fingerprint density at radius 2 is 2.04 bits per heavy atom. The molecule has 1 unspecified atom stereocenters. The number of carbonyl (C=O) groups excluding carboxylic acids is 2. The Hall–Kier alpha value is -2.44. The van der Waals surface area contributed by atoms with Gasteiger partial charge >= 0.3 is 0 Å². The number of amides is 2. The van der Waals surface area contributed by atoms with Crippen LogP contribution in [0.25, 0.3) is 11.0 Å². The summed E-state index contributed by atoms with van der Waals surface area (Å²) in [5, 5.41) is 4.90. The second kappa shape index (κ2) is 7.05. The van der Waals surface area contributed by atoms with Crippen LogP contribution in [0.15, 0.2) is 28.8 Å². The molecule has 138 valence electrons. The molecule has 2 aliphatic rings. The molecular formula is C19H22FN3O3. The molecule has 2 saturated heterocycles. The second-order valence-corrected chi connectivity index (χ2v) is 7.18. The van der Waals surface area contributed by atoms with Crippen molar-refractivity contribution < 1.29 is 18.5 Å². The summed E-state index contributed by atoms with van der Waals surface area (Å²) < 4.78 is 18.1. The van der Waals surface area contributed by atoms with Gasteiger partial charge in [-0.2, -0.15) is 0 Å². The maximum Gasteiger partial charge on any atom is 0.228 e. The van der Waals surface area contributed by atoms with E-state index in [1.165, 1.54) is 0 Å². The second-order valence-electron chi connectivity index (χ2n) is 7.18. The molecule has 3 heterocycles. The molecule has 6 nitrogen and oxygen atoms in total. The van der Waals surface area contributed by atoms with Gasteiger partial charge in [0, 0.05) is 43.4 Å². The third-order valence-corrected chi connectivity index (χ3v) is 5.49. The summed E-state index contributed by atoms with van der Waals surface area (Å²) in [6.45, 7) is 1.30. The van der Waals surface area contributed by atoms with Gasteiger partial charge in [-0.05, 0) is 25.0 Å². The van der Waals surface area contributed by atoms with E-state index in [9.17, 15) is 14.0 Å². The number of hydrogen-bond acceptors (Lipinski definition) is 4. The molecule has 7 heteroatoms. The van der Waals surface area contributed by atoms with Crippen LogP contribution in [0.4, 0.5) is 4.39 Å². The molecule has 0 bridgehead atoms. The van der Waals surface area contributed by atoms with Crippen LogP contribution in [0, 0.1) is 5.92 Å². The molecule has 0 aliphatic carbocycles. The zero-order valence-electron chi connectivity index (χ0n) is 14.6. The van der Waals surface area contributed by atoms with Gasteiger partial charge in [0.1, 0.15) is 5.69 Å². The van der Waals surface area contributed by atoms with E-state index in [4.69, 9.17) is 4.52 Å². The number of halogens is 1. The van der Waals surface area contributed by atoms with Crippen LogP contribution in [0.5, 0.6) is 0 Å². The van der Waals surface area contributed by atoms with Crippen molar-refractivity contribution >= 4 is 22.8 Å². The molecular weight excluding hydrogens is 337 g/mol. The van der Waals surface area contributed by atoms with Crippen molar-refractivity contribution in [1.29, 1.82) is 0 Å². The molecule has 1 aromatic carbocycles. The maximum atomic E-state index is 12.8. The predicted octanol–water partition coefficient (Wildman–Crippen LogP) is 2.18. The van der Waals surface area contributed by atoms with Crippen LogP contribution in [0.1, 0.15) is 25.0 Å². The Morgan fingerprint density at radius 1 is 1.27 bits per heavy atom. The van der Waals surface area contributed by atoms with Gasteiger partial charge in [-0.25, -0.2) is 0 Å². The monoisotopic (exact) mass is 359 g/mol. The number of hydrogen-bond donors (Lipinski definition) is 0. The molecule has 1 atom stereocenters. The average molecular weight is 359 g/mol. The normalized spacial score (nSPS) is 21.7. The van der Waals surface area contributed by atoms with Crippen molar-refractivity contribution in [3.63, 3.8) is 0 Å². The summed E-state index contributed by atoms with van der Waals surface area (Å²) in [6.07, 6.45) is 2.02. The van der Waals surface area contributed by atoms with Crippen molar-refractivity contribution in [2.24, 2.45) is 5.92 Å². The lowest BCUT2D eigenvalue weighted by atomic mass is 10.0. The third-order valence-electron chi connectivity index (χ3n) is 5.49. The van der Waals surface area contributed by atoms with Crippen molar-refractivity contribution in [3.8, 4) is 0 Å². The molecule has 2 aliphatic heterocycles. The van der Waals surface area contributed by atoms with E-state index in [1.807, 2.05) is 34.1 Å². The fourth-order valence-corrected chi connectivity index (χ4v) is 4.01. The summed E-state index contributed by atoms with van der Waals surface area (Å²) in [5.41, 5.74) is 1.34. The van der Waals surface area contributed by atoms with Gasteiger partial charge in [0.2, 0.25) is 11.8 Å². The van der Waals surface area contributed by atoms with Gasteiger partial charge in [-0.1, -0.05) is 17.3 Å². The molecule has 2 aromatic rings. The number of carbonyl (C=O) groups is 2. The molecule has 0 radical (unpaired) electrons. The van der Waals surface area contributed by atoms with Crippen molar-refractivity contribution in [2.45, 2.75) is 31.7 Å².